The normalized spacial score (nSPS) is 22.6. The summed E-state index contributed by atoms with van der Waals surface area (Å²) in [4.78, 5) is 0.0466. The Morgan fingerprint density at radius 1 is 0.526 bits per heavy atom. The Morgan fingerprint density at radius 3 is 0.868 bits per heavy atom. The Labute approximate surface area is 201 Å². The average Bonchev–Trinajstić information content (AvgIpc) is 3.13. The van der Waals surface area contributed by atoms with Crippen molar-refractivity contribution in [1.29, 1.82) is 0 Å². The molecule has 0 unspecified atom stereocenters. The van der Waals surface area contributed by atoms with Crippen LogP contribution in [0.15, 0.2) is 0 Å². The van der Waals surface area contributed by atoms with Gasteiger partial charge in [0.05, 0.1) is 0 Å². The van der Waals surface area contributed by atoms with Crippen LogP contribution in [0.3, 0.4) is 0 Å². The molecule has 2 rings (SSSR count). The van der Waals surface area contributed by atoms with Gasteiger partial charge in [0.15, 0.2) is 0 Å². The first-order valence-corrected chi connectivity index (χ1v) is 14.1. The van der Waals surface area contributed by atoms with E-state index in [0.717, 1.165) is 0 Å². The molecular formula is C14H20F18N4P2. The van der Waals surface area contributed by atoms with Gasteiger partial charge in [-0.3, -0.25) is 0 Å². The van der Waals surface area contributed by atoms with Crippen LogP contribution in [0.5, 0.6) is 0 Å². The van der Waals surface area contributed by atoms with Crippen LogP contribution in [-0.2, 0) is 0 Å². The second-order valence-corrected chi connectivity index (χ2v) is 15.3. The molecule has 0 bridgehead atoms. The fourth-order valence-corrected chi connectivity index (χ4v) is 8.39. The molecule has 232 valence electrons. The first-order valence-electron chi connectivity index (χ1n) is 9.58. The molecule has 0 atom stereocenters. The number of alkyl halides is 10. The fourth-order valence-electron chi connectivity index (χ4n) is 3.72. The van der Waals surface area contributed by atoms with E-state index >= 15 is 0 Å². The minimum atomic E-state index is -11.2. The first-order chi connectivity index (χ1) is 15.9. The van der Waals surface area contributed by atoms with Gasteiger partial charge in [-0.05, 0) is 0 Å². The molecule has 0 aromatic carbocycles. The summed E-state index contributed by atoms with van der Waals surface area (Å²) in [6.45, 7) is -2.03. The number of halogens is 18. The summed E-state index contributed by atoms with van der Waals surface area (Å²) in [7, 11) is -19.9. The number of rotatable bonds is 4. The average molecular weight is 648 g/mol. The maximum absolute atomic E-state index is 13.5. The molecule has 0 aliphatic carbocycles. The van der Waals surface area contributed by atoms with Crippen molar-refractivity contribution >= 4 is 25.5 Å². The van der Waals surface area contributed by atoms with E-state index in [9.17, 15) is 77.5 Å². The zero-order chi connectivity index (χ0) is 31.1. The molecule has 0 aromatic heterocycles. The van der Waals surface area contributed by atoms with Crippen molar-refractivity contribution in [2.24, 2.45) is 0 Å². The van der Waals surface area contributed by atoms with Crippen molar-refractivity contribution < 1.29 is 86.6 Å². The summed E-state index contributed by atoms with van der Waals surface area (Å²) in [6.07, 6.45) is -14.1. The van der Waals surface area contributed by atoms with Crippen molar-refractivity contribution in [3.8, 4) is 0 Å². The van der Waals surface area contributed by atoms with Crippen LogP contribution in [-0.4, -0.2) is 108 Å². The molecule has 0 saturated heterocycles. The Bertz CT molecular complexity index is 974. The summed E-state index contributed by atoms with van der Waals surface area (Å²) in [6, 6.07) is 0. The van der Waals surface area contributed by atoms with E-state index < -0.39 is 75.4 Å². The quantitative estimate of drug-likeness (QED) is 0.179. The molecule has 0 radical (unpaired) electrons. The third kappa shape index (κ3) is 4.54. The number of hydrogen-bond acceptors (Lipinski definition) is 2. The van der Waals surface area contributed by atoms with E-state index in [4.69, 9.17) is 0 Å². The predicted molar refractivity (Wildman–Crippen MR) is 102 cm³/mol. The van der Waals surface area contributed by atoms with Gasteiger partial charge in [-0.15, -0.1) is 0 Å². The molecule has 2 aliphatic heterocycles. The van der Waals surface area contributed by atoms with Gasteiger partial charge in [0.2, 0.25) is 0 Å². The fraction of sp³-hybridized carbons (Fsp3) is 0.857. The number of hydrogen-bond donors (Lipinski definition) is 0. The molecule has 0 fully saturated rings. The van der Waals surface area contributed by atoms with Gasteiger partial charge in [-0.1, -0.05) is 0 Å². The number of amidine groups is 2. The summed E-state index contributed by atoms with van der Waals surface area (Å²) in [5.74, 6) is 0. The van der Waals surface area contributed by atoms with E-state index in [0.29, 0.717) is 28.2 Å². The Morgan fingerprint density at radius 2 is 0.737 bits per heavy atom. The molecule has 0 spiro atoms. The third-order valence-electron chi connectivity index (χ3n) is 5.52. The van der Waals surface area contributed by atoms with Gasteiger partial charge in [0.1, 0.15) is 0 Å². The van der Waals surface area contributed by atoms with Gasteiger partial charge in [-0.2, -0.15) is 0 Å². The zero-order valence-electron chi connectivity index (χ0n) is 19.3. The predicted octanol–water partition coefficient (Wildman–Crippen LogP) is 7.42. The van der Waals surface area contributed by atoms with Gasteiger partial charge >= 0.3 is 200 Å². The summed E-state index contributed by atoms with van der Waals surface area (Å²) < 4.78 is 231. The molecule has 0 saturated carbocycles. The van der Waals surface area contributed by atoms with Crippen LogP contribution in [0.4, 0.5) is 77.5 Å². The molecule has 24 heteroatoms. The van der Waals surface area contributed by atoms with Crippen LogP contribution in [0.1, 0.15) is 0 Å². The Kier molecular flexibility index (Phi) is 6.94. The van der Waals surface area contributed by atoms with Crippen LogP contribution in [0.25, 0.3) is 0 Å². The monoisotopic (exact) mass is 648 g/mol. The summed E-state index contributed by atoms with van der Waals surface area (Å²) in [5.41, 5.74) is -19.9. The van der Waals surface area contributed by atoms with Crippen LogP contribution in [0, 0.1) is 0 Å². The third-order valence-corrected chi connectivity index (χ3v) is 11.3. The van der Waals surface area contributed by atoms with Gasteiger partial charge in [0, 0.05) is 0 Å². The first kappa shape index (κ1) is 34.6. The summed E-state index contributed by atoms with van der Waals surface area (Å²) >= 11 is 0. The number of nitrogens with zero attached hydrogens (tertiary/aromatic N) is 4. The minimum absolute atomic E-state index is 0.0233. The zero-order valence-corrected chi connectivity index (χ0v) is 21.1. The second kappa shape index (κ2) is 7.63. The van der Waals surface area contributed by atoms with Gasteiger partial charge in [0.25, 0.3) is 0 Å². The molecule has 4 nitrogen and oxygen atoms in total. The standard InChI is InChI=1S/2C7H10F9N2P/c2*1-17-3-4-18(2)5(17)19(13,14,15,16)7(11,12)6(8,9)10/h2*3-4H2,1-2H3. The van der Waals surface area contributed by atoms with Gasteiger partial charge < -0.3 is 0 Å². The molecule has 38 heavy (non-hydrogen) atoms. The van der Waals surface area contributed by atoms with E-state index in [1.165, 1.54) is 0 Å². The van der Waals surface area contributed by atoms with Crippen LogP contribution < -0.4 is 0 Å². The molecular weight excluding hydrogens is 628 g/mol. The van der Waals surface area contributed by atoms with Crippen molar-refractivity contribution in [3.63, 3.8) is 0 Å². The van der Waals surface area contributed by atoms with Crippen molar-refractivity contribution in [2.45, 2.75) is 23.7 Å². The molecule has 0 amide bonds. The van der Waals surface area contributed by atoms with E-state index in [-0.39, 0.29) is 19.0 Å². The second-order valence-electron chi connectivity index (χ2n) is 8.71. The number of likely N-dealkylation sites (N-methyl/N-ethyl adjacent to an activating group) is 4. The van der Waals surface area contributed by atoms with Crippen molar-refractivity contribution in [1.82, 2.24) is 9.80 Å². The topological polar surface area (TPSA) is 12.5 Å². The molecule has 0 aromatic rings. The van der Waals surface area contributed by atoms with E-state index in [1.807, 2.05) is 0 Å². The van der Waals surface area contributed by atoms with E-state index in [1.54, 1.807) is 0 Å². The SMILES string of the molecule is CN1CC[N+](C)=C1[P-](F)(F)(F)(F)C(F)(F)C(F)(F)F.CN1CC[N+](C)=C1[P-](F)(F)(F)(F)C(F)(F)C(F)(F)F. The van der Waals surface area contributed by atoms with Crippen molar-refractivity contribution in [2.75, 3.05) is 54.4 Å². The Hall–Kier alpha value is -1.46. The van der Waals surface area contributed by atoms with Crippen molar-refractivity contribution in [3.05, 3.63) is 0 Å². The molecule has 0 N–H and O–H groups in total. The summed E-state index contributed by atoms with van der Waals surface area (Å²) in [5, 5.41) is 0. The van der Waals surface area contributed by atoms with Gasteiger partial charge in [-0.25, -0.2) is 0 Å². The molecule has 2 aliphatic rings. The van der Waals surface area contributed by atoms with E-state index in [2.05, 4.69) is 0 Å². The maximum atomic E-state index is 13.5. The van der Waals surface area contributed by atoms with Crippen LogP contribution in [0.2, 0.25) is 0 Å². The Balaban J connectivity index is 0.000000380. The molecule has 2 heterocycles. The van der Waals surface area contributed by atoms with Crippen LogP contribution >= 0.6 is 14.4 Å².